The van der Waals surface area contributed by atoms with Gasteiger partial charge < -0.3 is 4.74 Å². The molecule has 0 N–H and O–H groups in total. The topological polar surface area (TPSA) is 26.3 Å². The van der Waals surface area contributed by atoms with Gasteiger partial charge in [0.1, 0.15) is 0 Å². The van der Waals surface area contributed by atoms with Gasteiger partial charge >= 0.3 is 5.97 Å². The molecule has 0 bridgehead atoms. The van der Waals surface area contributed by atoms with E-state index in [1.54, 1.807) is 0 Å². The fourth-order valence-electron chi connectivity index (χ4n) is 1.31. The van der Waals surface area contributed by atoms with Gasteiger partial charge in [-0.1, -0.05) is 13.8 Å². The van der Waals surface area contributed by atoms with Gasteiger partial charge in [-0.15, -0.1) is 0 Å². The average molecular weight is 142 g/mol. The number of esters is 1. The van der Waals surface area contributed by atoms with Crippen LogP contribution in [-0.4, -0.2) is 12.1 Å². The van der Waals surface area contributed by atoms with E-state index in [4.69, 9.17) is 4.74 Å². The van der Waals surface area contributed by atoms with Crippen molar-refractivity contribution in [1.29, 1.82) is 0 Å². The van der Waals surface area contributed by atoms with Crippen LogP contribution in [0, 0.1) is 11.8 Å². The van der Waals surface area contributed by atoms with Gasteiger partial charge in [0.05, 0.1) is 12.0 Å². The van der Waals surface area contributed by atoms with Crippen LogP contribution in [0.4, 0.5) is 0 Å². The van der Waals surface area contributed by atoms with Crippen molar-refractivity contribution < 1.29 is 9.53 Å². The Balaban J connectivity index is 2.57. The highest BCUT2D eigenvalue weighted by atomic mass is 16.5. The Morgan fingerprint density at radius 3 is 2.50 bits per heavy atom. The Bertz CT molecular complexity index is 142. The molecule has 0 aromatic heterocycles. The Kier molecular flexibility index (Phi) is 1.97. The number of cyclic esters (lactones) is 1. The minimum atomic E-state index is -0.0359. The highest BCUT2D eigenvalue weighted by Gasteiger charge is 2.29. The van der Waals surface area contributed by atoms with Crippen molar-refractivity contribution in [2.75, 3.05) is 0 Å². The van der Waals surface area contributed by atoms with Crippen molar-refractivity contribution in [3.05, 3.63) is 0 Å². The molecule has 0 aliphatic carbocycles. The van der Waals surface area contributed by atoms with Crippen LogP contribution >= 0.6 is 0 Å². The summed E-state index contributed by atoms with van der Waals surface area (Å²) in [5.41, 5.74) is 0. The SMILES string of the molecule is CC1CC(C)[C@H](C)C(=O)O1. The molecule has 3 atom stereocenters. The van der Waals surface area contributed by atoms with Gasteiger partial charge in [-0.25, -0.2) is 0 Å². The summed E-state index contributed by atoms with van der Waals surface area (Å²) in [5, 5.41) is 0. The number of carbonyl (C=O) groups is 1. The van der Waals surface area contributed by atoms with Crippen LogP contribution in [-0.2, 0) is 9.53 Å². The molecule has 0 saturated carbocycles. The summed E-state index contributed by atoms with van der Waals surface area (Å²) in [6.07, 6.45) is 1.13. The lowest BCUT2D eigenvalue weighted by molar-refractivity contribution is -0.161. The third-order valence-corrected chi connectivity index (χ3v) is 2.25. The number of hydrogen-bond acceptors (Lipinski definition) is 2. The molecule has 2 unspecified atom stereocenters. The van der Waals surface area contributed by atoms with Crippen LogP contribution in [0.15, 0.2) is 0 Å². The van der Waals surface area contributed by atoms with E-state index >= 15 is 0 Å². The molecule has 0 aromatic rings. The van der Waals surface area contributed by atoms with Crippen molar-refractivity contribution in [1.82, 2.24) is 0 Å². The third-order valence-electron chi connectivity index (χ3n) is 2.25. The van der Waals surface area contributed by atoms with Gasteiger partial charge in [-0.2, -0.15) is 0 Å². The Hall–Kier alpha value is -0.530. The lowest BCUT2D eigenvalue weighted by Crippen LogP contribution is -2.33. The maximum Gasteiger partial charge on any atom is 0.309 e. The van der Waals surface area contributed by atoms with Gasteiger partial charge in [0, 0.05) is 0 Å². The lowest BCUT2D eigenvalue weighted by atomic mass is 9.88. The van der Waals surface area contributed by atoms with Crippen molar-refractivity contribution in [3.63, 3.8) is 0 Å². The number of hydrogen-bond donors (Lipinski definition) is 0. The average Bonchev–Trinajstić information content (AvgIpc) is 1.82. The number of rotatable bonds is 0. The zero-order valence-corrected chi connectivity index (χ0v) is 6.76. The molecule has 0 aromatic carbocycles. The van der Waals surface area contributed by atoms with E-state index in [1.165, 1.54) is 0 Å². The molecule has 1 aliphatic rings. The first-order valence-electron chi connectivity index (χ1n) is 3.81. The standard InChI is InChI=1S/C8H14O2/c1-5-4-6(2)10-8(9)7(5)3/h5-7H,4H2,1-3H3/t5?,6?,7-/m0/s1. The quantitative estimate of drug-likeness (QED) is 0.480. The molecule has 0 radical (unpaired) electrons. The van der Waals surface area contributed by atoms with E-state index < -0.39 is 0 Å². The lowest BCUT2D eigenvalue weighted by Gasteiger charge is -2.28. The van der Waals surface area contributed by atoms with E-state index in [2.05, 4.69) is 6.92 Å². The van der Waals surface area contributed by atoms with Crippen molar-refractivity contribution in [2.45, 2.75) is 33.3 Å². The van der Waals surface area contributed by atoms with Gasteiger partial charge in [0.15, 0.2) is 0 Å². The zero-order chi connectivity index (χ0) is 7.72. The second-order valence-electron chi connectivity index (χ2n) is 3.25. The zero-order valence-electron chi connectivity index (χ0n) is 6.76. The van der Waals surface area contributed by atoms with Crippen LogP contribution in [0.2, 0.25) is 0 Å². The molecular formula is C8H14O2. The van der Waals surface area contributed by atoms with Crippen molar-refractivity contribution in [3.8, 4) is 0 Å². The van der Waals surface area contributed by atoms with E-state index in [1.807, 2.05) is 13.8 Å². The number of ether oxygens (including phenoxy) is 1. The van der Waals surface area contributed by atoms with E-state index in [9.17, 15) is 4.79 Å². The fourth-order valence-corrected chi connectivity index (χ4v) is 1.31. The molecular weight excluding hydrogens is 128 g/mol. The second kappa shape index (κ2) is 2.60. The second-order valence-corrected chi connectivity index (χ2v) is 3.25. The summed E-state index contributed by atoms with van der Waals surface area (Å²) in [4.78, 5) is 11.0. The van der Waals surface area contributed by atoms with Crippen LogP contribution in [0.25, 0.3) is 0 Å². The van der Waals surface area contributed by atoms with Crippen LogP contribution in [0.1, 0.15) is 27.2 Å². The fraction of sp³-hybridized carbons (Fsp3) is 0.875. The monoisotopic (exact) mass is 142 g/mol. The normalized spacial score (nSPS) is 41.1. The summed E-state index contributed by atoms with van der Waals surface area (Å²) >= 11 is 0. The minimum Gasteiger partial charge on any atom is -0.462 e. The maximum absolute atomic E-state index is 11.0. The Morgan fingerprint density at radius 2 is 2.00 bits per heavy atom. The summed E-state index contributed by atoms with van der Waals surface area (Å²) in [6.45, 7) is 5.97. The first-order chi connectivity index (χ1) is 4.61. The number of carbonyl (C=O) groups excluding carboxylic acids is 1. The summed E-state index contributed by atoms with van der Waals surface area (Å²) in [6, 6.07) is 0. The van der Waals surface area contributed by atoms with E-state index in [-0.39, 0.29) is 18.0 Å². The van der Waals surface area contributed by atoms with Crippen LogP contribution in [0.5, 0.6) is 0 Å². The Morgan fingerprint density at radius 1 is 1.40 bits per heavy atom. The molecule has 2 nitrogen and oxygen atoms in total. The van der Waals surface area contributed by atoms with Gasteiger partial charge in [0.2, 0.25) is 0 Å². The summed E-state index contributed by atoms with van der Waals surface area (Å²) in [7, 11) is 0. The first kappa shape index (κ1) is 7.58. The van der Waals surface area contributed by atoms with Gasteiger partial charge in [0.25, 0.3) is 0 Å². The molecule has 0 amide bonds. The van der Waals surface area contributed by atoms with Crippen LogP contribution < -0.4 is 0 Å². The first-order valence-corrected chi connectivity index (χ1v) is 3.81. The summed E-state index contributed by atoms with van der Waals surface area (Å²) < 4.78 is 5.03. The maximum atomic E-state index is 11.0. The molecule has 58 valence electrons. The highest BCUT2D eigenvalue weighted by Crippen LogP contribution is 2.25. The molecule has 1 saturated heterocycles. The molecule has 1 fully saturated rings. The molecule has 1 rings (SSSR count). The Labute approximate surface area is 61.6 Å². The molecule has 10 heavy (non-hydrogen) atoms. The van der Waals surface area contributed by atoms with Gasteiger partial charge in [-0.3, -0.25) is 4.79 Å². The van der Waals surface area contributed by atoms with Crippen LogP contribution in [0.3, 0.4) is 0 Å². The predicted molar refractivity (Wildman–Crippen MR) is 38.5 cm³/mol. The predicted octanol–water partition coefficient (Wildman–Crippen LogP) is 1.59. The van der Waals surface area contributed by atoms with Gasteiger partial charge in [-0.05, 0) is 19.3 Å². The molecule has 1 aliphatic heterocycles. The molecule has 0 spiro atoms. The summed E-state index contributed by atoms with van der Waals surface area (Å²) in [5.74, 6) is 0.540. The largest absolute Gasteiger partial charge is 0.462 e. The van der Waals surface area contributed by atoms with E-state index in [0.717, 1.165) is 6.42 Å². The van der Waals surface area contributed by atoms with Crippen molar-refractivity contribution in [2.24, 2.45) is 11.8 Å². The third kappa shape index (κ3) is 1.31. The van der Waals surface area contributed by atoms with Crippen molar-refractivity contribution >= 4 is 5.97 Å². The molecule has 1 heterocycles. The highest BCUT2D eigenvalue weighted by molar-refractivity contribution is 5.73. The molecule has 2 heteroatoms. The minimum absolute atomic E-state index is 0.0359. The smallest absolute Gasteiger partial charge is 0.309 e. The van der Waals surface area contributed by atoms with E-state index in [0.29, 0.717) is 5.92 Å².